The second-order valence-corrected chi connectivity index (χ2v) is 3.13. The van der Waals surface area contributed by atoms with Gasteiger partial charge in [0, 0.05) is 6.04 Å². The fraction of sp³-hybridized carbons (Fsp3) is 0.875. The maximum atomic E-state index is 10.2. The number of aliphatic carboxylic acids is 1. The predicted molar refractivity (Wildman–Crippen MR) is 45.7 cm³/mol. The molecule has 0 aliphatic heterocycles. The molecule has 0 aromatic carbocycles. The summed E-state index contributed by atoms with van der Waals surface area (Å²) < 4.78 is 0. The van der Waals surface area contributed by atoms with Crippen molar-refractivity contribution in [2.75, 3.05) is 0 Å². The molecule has 0 aromatic rings. The summed E-state index contributed by atoms with van der Waals surface area (Å²) in [6.07, 6.45) is -0.360. The Kier molecular flexibility index (Phi) is 4.85. The molecule has 4 heteroatoms. The van der Waals surface area contributed by atoms with Gasteiger partial charge in [0.05, 0.1) is 12.5 Å². The van der Waals surface area contributed by atoms with Gasteiger partial charge in [-0.05, 0) is 5.92 Å². The van der Waals surface area contributed by atoms with E-state index >= 15 is 0 Å². The third kappa shape index (κ3) is 3.69. The largest absolute Gasteiger partial charge is 0.481 e. The molecule has 0 radical (unpaired) electrons. The Balaban J connectivity index is 3.91. The Morgan fingerprint density at radius 2 is 2.08 bits per heavy atom. The van der Waals surface area contributed by atoms with Gasteiger partial charge in [0.25, 0.3) is 0 Å². The lowest BCUT2D eigenvalue weighted by atomic mass is 9.94. The highest BCUT2D eigenvalue weighted by Crippen LogP contribution is 2.10. The molecule has 4 nitrogen and oxygen atoms in total. The highest BCUT2D eigenvalue weighted by Gasteiger charge is 2.22. The molecule has 0 aliphatic rings. The number of carboxylic acids is 1. The summed E-state index contributed by atoms with van der Waals surface area (Å²) in [6.45, 7) is 3.85. The van der Waals surface area contributed by atoms with Crippen molar-refractivity contribution in [3.63, 3.8) is 0 Å². The molecule has 0 spiro atoms. The minimum Gasteiger partial charge on any atom is -0.481 e. The van der Waals surface area contributed by atoms with Gasteiger partial charge in [-0.1, -0.05) is 20.3 Å². The lowest BCUT2D eigenvalue weighted by Gasteiger charge is -2.22. The monoisotopic (exact) mass is 175 g/mol. The first-order valence-electron chi connectivity index (χ1n) is 4.14. The van der Waals surface area contributed by atoms with Crippen molar-refractivity contribution < 1.29 is 15.0 Å². The maximum absolute atomic E-state index is 10.2. The number of aliphatic hydroxyl groups excluding tert-OH is 1. The van der Waals surface area contributed by atoms with E-state index in [1.54, 1.807) is 0 Å². The van der Waals surface area contributed by atoms with Gasteiger partial charge in [-0.15, -0.1) is 0 Å². The number of aliphatic hydroxyl groups is 1. The molecule has 0 saturated heterocycles. The van der Waals surface area contributed by atoms with Gasteiger partial charge < -0.3 is 15.9 Å². The standard InChI is InChI=1S/C8H17NO3/c1-3-5(2)8(9)6(10)4-7(11)12/h5-6,8,10H,3-4,9H2,1-2H3,(H,11,12)/t5-,6-,8+/m0/s1. The highest BCUT2D eigenvalue weighted by molar-refractivity contribution is 5.67. The molecule has 0 heterocycles. The quantitative estimate of drug-likeness (QED) is 0.557. The first-order chi connectivity index (χ1) is 5.49. The summed E-state index contributed by atoms with van der Waals surface area (Å²) in [7, 11) is 0. The SMILES string of the molecule is CC[C@H](C)[C@@H](N)[C@@H](O)CC(=O)O. The molecule has 0 bridgehead atoms. The van der Waals surface area contributed by atoms with Gasteiger partial charge in [-0.25, -0.2) is 0 Å². The van der Waals surface area contributed by atoms with E-state index < -0.39 is 18.1 Å². The normalized spacial score (nSPS) is 18.3. The van der Waals surface area contributed by atoms with Crippen LogP contribution in [0.25, 0.3) is 0 Å². The third-order valence-corrected chi connectivity index (χ3v) is 2.13. The lowest BCUT2D eigenvalue weighted by molar-refractivity contribution is -0.139. The first-order valence-corrected chi connectivity index (χ1v) is 4.14. The zero-order valence-corrected chi connectivity index (χ0v) is 7.53. The molecule has 0 rings (SSSR count). The van der Waals surface area contributed by atoms with Crippen molar-refractivity contribution in [1.29, 1.82) is 0 Å². The highest BCUT2D eigenvalue weighted by atomic mass is 16.4. The van der Waals surface area contributed by atoms with E-state index in [-0.39, 0.29) is 12.3 Å². The second-order valence-electron chi connectivity index (χ2n) is 3.13. The molecule has 12 heavy (non-hydrogen) atoms. The van der Waals surface area contributed by atoms with E-state index in [1.165, 1.54) is 0 Å². The fourth-order valence-electron chi connectivity index (χ4n) is 0.966. The summed E-state index contributed by atoms with van der Waals surface area (Å²) >= 11 is 0. The van der Waals surface area contributed by atoms with Gasteiger partial charge in [0.1, 0.15) is 0 Å². The predicted octanol–water partition coefficient (Wildman–Crippen LogP) is 0.195. The second kappa shape index (κ2) is 5.11. The van der Waals surface area contributed by atoms with Crippen LogP contribution in [0, 0.1) is 5.92 Å². The molecule has 0 aromatic heterocycles. The van der Waals surface area contributed by atoms with Crippen molar-refractivity contribution in [2.24, 2.45) is 11.7 Å². The van der Waals surface area contributed by atoms with Crippen LogP contribution in [0.5, 0.6) is 0 Å². The average Bonchev–Trinajstić information content (AvgIpc) is 2.00. The summed E-state index contributed by atoms with van der Waals surface area (Å²) in [6, 6.07) is -0.439. The molecule has 0 saturated carbocycles. The van der Waals surface area contributed by atoms with Crippen molar-refractivity contribution in [3.05, 3.63) is 0 Å². The zero-order chi connectivity index (χ0) is 9.72. The molecule has 72 valence electrons. The van der Waals surface area contributed by atoms with Gasteiger partial charge in [-0.3, -0.25) is 4.79 Å². The van der Waals surface area contributed by atoms with Crippen LogP contribution in [-0.2, 0) is 4.79 Å². The smallest absolute Gasteiger partial charge is 0.306 e. The van der Waals surface area contributed by atoms with E-state index in [0.717, 1.165) is 6.42 Å². The Morgan fingerprint density at radius 3 is 2.42 bits per heavy atom. The fourth-order valence-corrected chi connectivity index (χ4v) is 0.966. The molecule has 0 amide bonds. The summed E-state index contributed by atoms with van der Waals surface area (Å²) in [4.78, 5) is 10.2. The van der Waals surface area contributed by atoms with Gasteiger partial charge >= 0.3 is 5.97 Å². The molecule has 0 unspecified atom stereocenters. The van der Waals surface area contributed by atoms with Crippen LogP contribution in [0.1, 0.15) is 26.7 Å². The van der Waals surface area contributed by atoms with Crippen molar-refractivity contribution in [1.82, 2.24) is 0 Å². The van der Waals surface area contributed by atoms with E-state index in [1.807, 2.05) is 13.8 Å². The number of hydrogen-bond donors (Lipinski definition) is 3. The Bertz CT molecular complexity index is 149. The molecule has 0 fully saturated rings. The van der Waals surface area contributed by atoms with E-state index in [2.05, 4.69) is 0 Å². The number of rotatable bonds is 5. The van der Waals surface area contributed by atoms with Crippen LogP contribution in [-0.4, -0.2) is 28.3 Å². The van der Waals surface area contributed by atoms with Crippen molar-refractivity contribution in [2.45, 2.75) is 38.8 Å². The summed E-state index contributed by atoms with van der Waals surface area (Å²) in [5.41, 5.74) is 5.61. The van der Waals surface area contributed by atoms with E-state index in [9.17, 15) is 9.90 Å². The molecule has 4 N–H and O–H groups in total. The number of carboxylic acid groups (broad SMARTS) is 1. The van der Waals surface area contributed by atoms with Crippen molar-refractivity contribution in [3.8, 4) is 0 Å². The maximum Gasteiger partial charge on any atom is 0.306 e. The molecule has 0 aliphatic carbocycles. The first kappa shape index (κ1) is 11.4. The summed E-state index contributed by atoms with van der Waals surface area (Å²) in [5, 5.41) is 17.7. The number of carbonyl (C=O) groups is 1. The van der Waals surface area contributed by atoms with Crippen LogP contribution in [0.4, 0.5) is 0 Å². The molecular weight excluding hydrogens is 158 g/mol. The zero-order valence-electron chi connectivity index (χ0n) is 7.53. The molecular formula is C8H17NO3. The van der Waals surface area contributed by atoms with Gasteiger partial charge in [-0.2, -0.15) is 0 Å². The number of hydrogen-bond acceptors (Lipinski definition) is 3. The lowest BCUT2D eigenvalue weighted by Crippen LogP contribution is -2.41. The van der Waals surface area contributed by atoms with Gasteiger partial charge in [0.2, 0.25) is 0 Å². The minimum atomic E-state index is -1.01. The van der Waals surface area contributed by atoms with Gasteiger partial charge in [0.15, 0.2) is 0 Å². The van der Waals surface area contributed by atoms with Crippen LogP contribution in [0.2, 0.25) is 0 Å². The Labute approximate surface area is 72.4 Å². The van der Waals surface area contributed by atoms with Crippen LogP contribution in [0.15, 0.2) is 0 Å². The van der Waals surface area contributed by atoms with Crippen molar-refractivity contribution >= 4 is 5.97 Å². The minimum absolute atomic E-state index is 0.152. The van der Waals surface area contributed by atoms with Crippen LogP contribution in [0.3, 0.4) is 0 Å². The Hall–Kier alpha value is -0.610. The van der Waals surface area contributed by atoms with Crippen LogP contribution < -0.4 is 5.73 Å². The Morgan fingerprint density at radius 1 is 1.58 bits per heavy atom. The summed E-state index contributed by atoms with van der Waals surface area (Å²) in [5.74, 6) is -0.861. The topological polar surface area (TPSA) is 83.5 Å². The van der Waals surface area contributed by atoms with E-state index in [0.29, 0.717) is 0 Å². The third-order valence-electron chi connectivity index (χ3n) is 2.13. The number of nitrogens with two attached hydrogens (primary N) is 1. The van der Waals surface area contributed by atoms with E-state index in [4.69, 9.17) is 10.8 Å². The van der Waals surface area contributed by atoms with Crippen LogP contribution >= 0.6 is 0 Å². The molecule has 3 atom stereocenters. The average molecular weight is 175 g/mol.